The largest absolute Gasteiger partial charge is 0.497 e. The third-order valence-corrected chi connectivity index (χ3v) is 5.48. The fourth-order valence-corrected chi connectivity index (χ4v) is 3.91. The van der Waals surface area contributed by atoms with Crippen LogP contribution in [0.4, 0.5) is 5.13 Å². The van der Waals surface area contributed by atoms with Crippen LogP contribution >= 0.6 is 11.5 Å². The lowest BCUT2D eigenvalue weighted by atomic mass is 10.1. The summed E-state index contributed by atoms with van der Waals surface area (Å²) in [6, 6.07) is 8.20. The second-order valence-electron chi connectivity index (χ2n) is 6.40. The van der Waals surface area contributed by atoms with Crippen molar-refractivity contribution < 1.29 is 4.74 Å². The average Bonchev–Trinajstić information content (AvgIpc) is 3.21. The van der Waals surface area contributed by atoms with Crippen molar-refractivity contribution in [3.8, 4) is 5.75 Å². The second kappa shape index (κ2) is 9.55. The van der Waals surface area contributed by atoms with Crippen LogP contribution in [0.25, 0.3) is 0 Å². The third-order valence-electron chi connectivity index (χ3n) is 4.67. The Labute approximate surface area is 165 Å². The van der Waals surface area contributed by atoms with E-state index < -0.39 is 0 Å². The zero-order valence-electron chi connectivity index (χ0n) is 16.3. The molecule has 146 valence electrons. The lowest BCUT2D eigenvalue weighted by molar-refractivity contribution is 0.372. The van der Waals surface area contributed by atoms with Crippen molar-refractivity contribution in [1.29, 1.82) is 0 Å². The predicted molar refractivity (Wildman–Crippen MR) is 111 cm³/mol. The third kappa shape index (κ3) is 5.09. The molecule has 1 aliphatic heterocycles. The summed E-state index contributed by atoms with van der Waals surface area (Å²) in [6.45, 7) is 6.67. The number of methoxy groups -OCH3 is 1. The number of rotatable bonds is 6. The number of hydrogen-bond donors (Lipinski definition) is 1. The minimum atomic E-state index is 0.844. The number of ether oxygens (including phenoxy) is 1. The maximum Gasteiger partial charge on any atom is 0.205 e. The number of nitrogens with one attached hydrogen (secondary N) is 1. The number of benzene rings is 1. The highest BCUT2D eigenvalue weighted by Crippen LogP contribution is 2.19. The van der Waals surface area contributed by atoms with E-state index >= 15 is 0 Å². The van der Waals surface area contributed by atoms with Crippen molar-refractivity contribution in [2.24, 2.45) is 4.99 Å². The molecule has 1 aromatic heterocycles. The highest BCUT2D eigenvalue weighted by Gasteiger charge is 2.21. The lowest BCUT2D eigenvalue weighted by Crippen LogP contribution is -2.52. The van der Waals surface area contributed by atoms with Gasteiger partial charge in [-0.3, -0.25) is 4.99 Å². The first-order valence-corrected chi connectivity index (χ1v) is 10.2. The number of guanidine groups is 1. The van der Waals surface area contributed by atoms with Crippen molar-refractivity contribution in [3.63, 3.8) is 0 Å². The summed E-state index contributed by atoms with van der Waals surface area (Å²) in [5.74, 6) is 2.80. The van der Waals surface area contributed by atoms with Crippen LogP contribution in [-0.2, 0) is 12.8 Å². The van der Waals surface area contributed by atoms with Crippen LogP contribution in [0.5, 0.6) is 5.75 Å². The fourth-order valence-electron chi connectivity index (χ4n) is 3.11. The first kappa shape index (κ1) is 19.4. The smallest absolute Gasteiger partial charge is 0.205 e. The summed E-state index contributed by atoms with van der Waals surface area (Å²) < 4.78 is 9.68. The molecule has 0 aliphatic carbocycles. The van der Waals surface area contributed by atoms with Gasteiger partial charge in [0, 0.05) is 57.7 Å². The molecule has 0 bridgehead atoms. The Hall–Kier alpha value is -2.35. The summed E-state index contributed by atoms with van der Waals surface area (Å²) in [5.41, 5.74) is 1.25. The SMILES string of the molecule is CCc1nsc(N2CCN(C(=NC)NCCc3cccc(OC)c3)CC2)n1. The van der Waals surface area contributed by atoms with Gasteiger partial charge in [-0.2, -0.15) is 4.37 Å². The van der Waals surface area contributed by atoms with E-state index in [1.165, 1.54) is 17.1 Å². The van der Waals surface area contributed by atoms with Gasteiger partial charge >= 0.3 is 0 Å². The number of aryl methyl sites for hydroxylation is 1. The molecule has 0 spiro atoms. The molecule has 1 saturated heterocycles. The maximum absolute atomic E-state index is 5.29. The van der Waals surface area contributed by atoms with Crippen LogP contribution < -0.4 is 15.0 Å². The van der Waals surface area contributed by atoms with Crippen molar-refractivity contribution >= 4 is 22.6 Å². The van der Waals surface area contributed by atoms with Gasteiger partial charge in [0.05, 0.1) is 7.11 Å². The van der Waals surface area contributed by atoms with Gasteiger partial charge in [-0.05, 0) is 24.1 Å². The normalized spacial score (nSPS) is 15.1. The Balaban J connectivity index is 1.47. The van der Waals surface area contributed by atoms with Crippen molar-refractivity contribution in [3.05, 3.63) is 35.7 Å². The lowest BCUT2D eigenvalue weighted by Gasteiger charge is -2.36. The molecule has 0 atom stereocenters. The second-order valence-corrected chi connectivity index (χ2v) is 7.13. The van der Waals surface area contributed by atoms with E-state index in [0.29, 0.717) is 0 Å². The topological polar surface area (TPSA) is 65.9 Å². The van der Waals surface area contributed by atoms with E-state index in [0.717, 1.165) is 68.2 Å². The van der Waals surface area contributed by atoms with Crippen LogP contribution in [0, 0.1) is 0 Å². The molecular formula is C19H28N6OS. The van der Waals surface area contributed by atoms with Gasteiger partial charge in [0.15, 0.2) is 5.96 Å². The molecule has 1 aromatic carbocycles. The first-order valence-electron chi connectivity index (χ1n) is 9.39. The van der Waals surface area contributed by atoms with Crippen molar-refractivity contribution in [2.75, 3.05) is 51.8 Å². The molecule has 1 N–H and O–H groups in total. The predicted octanol–water partition coefficient (Wildman–Crippen LogP) is 2.05. The van der Waals surface area contributed by atoms with E-state index in [1.807, 2.05) is 19.2 Å². The van der Waals surface area contributed by atoms with Gasteiger partial charge in [-0.15, -0.1) is 0 Å². The molecule has 27 heavy (non-hydrogen) atoms. The first-order chi connectivity index (χ1) is 13.2. The number of anilines is 1. The highest BCUT2D eigenvalue weighted by atomic mass is 32.1. The number of nitrogens with zero attached hydrogens (tertiary/aromatic N) is 5. The molecule has 1 fully saturated rings. The molecule has 7 nitrogen and oxygen atoms in total. The van der Waals surface area contributed by atoms with E-state index in [-0.39, 0.29) is 0 Å². The van der Waals surface area contributed by atoms with Gasteiger partial charge in [0.2, 0.25) is 5.13 Å². The summed E-state index contributed by atoms with van der Waals surface area (Å²) in [5, 5.41) is 4.52. The van der Waals surface area contributed by atoms with E-state index in [2.05, 4.69) is 48.5 Å². The van der Waals surface area contributed by atoms with E-state index in [1.54, 1.807) is 7.11 Å². The van der Waals surface area contributed by atoms with Crippen molar-refractivity contribution in [1.82, 2.24) is 19.6 Å². The van der Waals surface area contributed by atoms with Gasteiger partial charge in [-0.1, -0.05) is 19.1 Å². The Morgan fingerprint density at radius 2 is 2.11 bits per heavy atom. The summed E-state index contributed by atoms with van der Waals surface area (Å²) >= 11 is 1.50. The Kier molecular flexibility index (Phi) is 6.86. The minimum absolute atomic E-state index is 0.844. The molecule has 2 aromatic rings. The van der Waals surface area contributed by atoms with Gasteiger partial charge in [0.25, 0.3) is 0 Å². The monoisotopic (exact) mass is 388 g/mol. The van der Waals surface area contributed by atoms with Crippen LogP contribution in [0.2, 0.25) is 0 Å². The molecule has 0 saturated carbocycles. The molecule has 0 radical (unpaired) electrons. The van der Waals surface area contributed by atoms with Gasteiger partial charge in [0.1, 0.15) is 11.6 Å². The fraction of sp³-hybridized carbons (Fsp3) is 0.526. The number of aliphatic imine (C=N–C) groups is 1. The average molecular weight is 389 g/mol. The quantitative estimate of drug-likeness (QED) is 0.604. The maximum atomic E-state index is 5.29. The van der Waals surface area contributed by atoms with Crippen LogP contribution in [0.15, 0.2) is 29.3 Å². The summed E-state index contributed by atoms with van der Waals surface area (Å²) in [4.78, 5) is 13.7. The molecule has 3 rings (SSSR count). The highest BCUT2D eigenvalue weighted by molar-refractivity contribution is 7.09. The Bertz CT molecular complexity index is 754. The van der Waals surface area contributed by atoms with E-state index in [9.17, 15) is 0 Å². The van der Waals surface area contributed by atoms with Gasteiger partial charge < -0.3 is 19.9 Å². The van der Waals surface area contributed by atoms with Crippen LogP contribution in [-0.4, -0.2) is 67.1 Å². The van der Waals surface area contributed by atoms with E-state index in [4.69, 9.17) is 4.74 Å². The van der Waals surface area contributed by atoms with Crippen LogP contribution in [0.1, 0.15) is 18.3 Å². The Morgan fingerprint density at radius 3 is 2.78 bits per heavy atom. The number of aromatic nitrogens is 2. The molecule has 0 unspecified atom stereocenters. The molecule has 8 heteroatoms. The number of piperazine rings is 1. The molecule has 2 heterocycles. The molecule has 0 amide bonds. The van der Waals surface area contributed by atoms with Gasteiger partial charge in [-0.25, -0.2) is 4.98 Å². The summed E-state index contributed by atoms with van der Waals surface area (Å²) in [7, 11) is 3.54. The zero-order chi connectivity index (χ0) is 19.1. The van der Waals surface area contributed by atoms with Crippen LogP contribution in [0.3, 0.4) is 0 Å². The summed E-state index contributed by atoms with van der Waals surface area (Å²) in [6.07, 6.45) is 1.82. The molecular weight excluding hydrogens is 360 g/mol. The Morgan fingerprint density at radius 1 is 1.30 bits per heavy atom. The minimum Gasteiger partial charge on any atom is -0.497 e. The standard InChI is InChI=1S/C19H28N6OS/c1-4-17-22-19(27-23-17)25-12-10-24(11-13-25)18(20-2)21-9-8-15-6-5-7-16(14-15)26-3/h5-7,14H,4,8-13H2,1-3H3,(H,20,21). The zero-order valence-corrected chi connectivity index (χ0v) is 17.1. The molecule has 1 aliphatic rings. The van der Waals surface area contributed by atoms with Crippen molar-refractivity contribution in [2.45, 2.75) is 19.8 Å². The number of hydrogen-bond acceptors (Lipinski definition) is 6.